The number of nitrogens with zero attached hydrogens (tertiary/aromatic N) is 3. The van der Waals surface area contributed by atoms with E-state index in [-0.39, 0.29) is 5.75 Å². The van der Waals surface area contributed by atoms with E-state index in [1.165, 1.54) is 12.1 Å². The summed E-state index contributed by atoms with van der Waals surface area (Å²) in [6, 6.07) is 4.38. The minimum absolute atomic E-state index is 0.0294. The smallest absolute Gasteiger partial charge is 0.151 e. The summed E-state index contributed by atoms with van der Waals surface area (Å²) in [4.78, 5) is 13.3. The average molecular weight is 215 g/mol. The van der Waals surface area contributed by atoms with Crippen LogP contribution in [-0.4, -0.2) is 17.9 Å². The van der Waals surface area contributed by atoms with Gasteiger partial charge >= 0.3 is 0 Å². The van der Waals surface area contributed by atoms with Crippen LogP contribution in [0.15, 0.2) is 23.3 Å². The quantitative estimate of drug-likeness (QED) is 0.209. The second-order valence-electron chi connectivity index (χ2n) is 2.90. The molecule has 16 heavy (non-hydrogen) atoms. The lowest BCUT2D eigenvalue weighted by Crippen LogP contribution is -1.86. The first-order valence-corrected chi connectivity index (χ1v) is 4.56. The van der Waals surface area contributed by atoms with Crippen molar-refractivity contribution in [2.75, 3.05) is 6.54 Å². The van der Waals surface area contributed by atoms with Gasteiger partial charge in [0, 0.05) is 29.0 Å². The molecule has 0 fully saturated rings. The molecular formula is C11H9N3O2. The molecule has 0 aromatic heterocycles. The highest BCUT2D eigenvalue weighted by Crippen LogP contribution is 2.13. The highest BCUT2D eigenvalue weighted by atomic mass is 16.3. The van der Waals surface area contributed by atoms with E-state index >= 15 is 0 Å². The zero-order valence-corrected chi connectivity index (χ0v) is 8.42. The molecule has 0 saturated carbocycles. The van der Waals surface area contributed by atoms with Crippen molar-refractivity contribution < 1.29 is 9.90 Å². The van der Waals surface area contributed by atoms with Crippen molar-refractivity contribution in [2.45, 2.75) is 6.42 Å². The van der Waals surface area contributed by atoms with E-state index in [0.29, 0.717) is 30.4 Å². The Labute approximate surface area is 92.3 Å². The fraction of sp³-hybridized carbons (Fsp3) is 0.182. The Bertz CT molecular complexity index is 494. The van der Waals surface area contributed by atoms with Gasteiger partial charge in [-0.1, -0.05) is 17.0 Å². The Morgan fingerprint density at radius 2 is 2.38 bits per heavy atom. The first-order chi connectivity index (χ1) is 7.77. The molecule has 0 aliphatic heterocycles. The van der Waals surface area contributed by atoms with Gasteiger partial charge in [-0.05, 0) is 23.7 Å². The number of hydrogen-bond acceptors (Lipinski definition) is 3. The maximum absolute atomic E-state index is 10.7. The zero-order chi connectivity index (χ0) is 11.8. The third kappa shape index (κ3) is 3.37. The number of benzene rings is 1. The summed E-state index contributed by atoms with van der Waals surface area (Å²) in [7, 11) is 0. The van der Waals surface area contributed by atoms with Gasteiger partial charge in [-0.15, -0.1) is 0 Å². The molecule has 0 spiro atoms. The maximum Gasteiger partial charge on any atom is 0.151 e. The summed E-state index contributed by atoms with van der Waals surface area (Å²) in [6.45, 7) is 0.304. The SMILES string of the molecule is [N-]=[N+]=NCCC#Cc1ccc(O)cc1C=O. The molecule has 0 atom stereocenters. The number of carbonyl (C=O) groups is 1. The highest BCUT2D eigenvalue weighted by molar-refractivity contribution is 5.80. The number of hydrogen-bond donors (Lipinski definition) is 1. The predicted molar refractivity (Wildman–Crippen MR) is 59.0 cm³/mol. The second kappa shape index (κ2) is 6.12. The molecule has 1 aromatic carbocycles. The van der Waals surface area contributed by atoms with Crippen LogP contribution in [0.2, 0.25) is 0 Å². The maximum atomic E-state index is 10.7. The fourth-order valence-corrected chi connectivity index (χ4v) is 1.07. The molecule has 5 nitrogen and oxygen atoms in total. The lowest BCUT2D eigenvalue weighted by atomic mass is 10.1. The molecule has 0 unspecified atom stereocenters. The summed E-state index contributed by atoms with van der Waals surface area (Å²) in [5.74, 6) is 5.58. The molecule has 0 aliphatic rings. The van der Waals surface area contributed by atoms with Crippen LogP contribution < -0.4 is 0 Å². The third-order valence-electron chi connectivity index (χ3n) is 1.79. The first kappa shape index (κ1) is 11.6. The monoisotopic (exact) mass is 215 g/mol. The summed E-state index contributed by atoms with van der Waals surface area (Å²) in [6.07, 6.45) is 1.07. The molecule has 80 valence electrons. The predicted octanol–water partition coefficient (Wildman–Crippen LogP) is 2.26. The Hall–Kier alpha value is -2.44. The average Bonchev–Trinajstić information content (AvgIpc) is 2.30. The molecule has 1 N–H and O–H groups in total. The van der Waals surface area contributed by atoms with Crippen LogP contribution in [0.4, 0.5) is 0 Å². The van der Waals surface area contributed by atoms with Crippen LogP contribution in [0.5, 0.6) is 5.75 Å². The Morgan fingerprint density at radius 3 is 3.06 bits per heavy atom. The summed E-state index contributed by atoms with van der Waals surface area (Å²) >= 11 is 0. The number of rotatable bonds is 3. The molecule has 5 heteroatoms. The molecule has 0 radical (unpaired) electrons. The Balaban J connectivity index is 2.79. The number of phenolic OH excluding ortho intramolecular Hbond substituents is 1. The summed E-state index contributed by atoms with van der Waals surface area (Å²) in [5.41, 5.74) is 8.92. The minimum atomic E-state index is 0.0294. The van der Waals surface area contributed by atoms with Crippen LogP contribution in [-0.2, 0) is 0 Å². The van der Waals surface area contributed by atoms with Crippen LogP contribution >= 0.6 is 0 Å². The van der Waals surface area contributed by atoms with E-state index in [2.05, 4.69) is 21.9 Å². The number of aldehydes is 1. The minimum Gasteiger partial charge on any atom is -0.508 e. The van der Waals surface area contributed by atoms with Crippen molar-refractivity contribution in [1.82, 2.24) is 0 Å². The van der Waals surface area contributed by atoms with Gasteiger partial charge in [0.15, 0.2) is 6.29 Å². The number of azide groups is 1. The fourth-order valence-electron chi connectivity index (χ4n) is 1.07. The van der Waals surface area contributed by atoms with Gasteiger partial charge < -0.3 is 5.11 Å². The van der Waals surface area contributed by atoms with Crippen molar-refractivity contribution in [2.24, 2.45) is 5.11 Å². The largest absolute Gasteiger partial charge is 0.508 e. The van der Waals surface area contributed by atoms with E-state index in [1.807, 2.05) is 0 Å². The van der Waals surface area contributed by atoms with Crippen LogP contribution in [0.25, 0.3) is 10.4 Å². The topological polar surface area (TPSA) is 86.1 Å². The first-order valence-electron chi connectivity index (χ1n) is 4.56. The van der Waals surface area contributed by atoms with Gasteiger partial charge in [-0.3, -0.25) is 4.79 Å². The molecule has 1 rings (SSSR count). The third-order valence-corrected chi connectivity index (χ3v) is 1.79. The van der Waals surface area contributed by atoms with Crippen LogP contribution in [0.3, 0.4) is 0 Å². The zero-order valence-electron chi connectivity index (χ0n) is 8.42. The van der Waals surface area contributed by atoms with Gasteiger partial charge in [0.25, 0.3) is 0 Å². The van der Waals surface area contributed by atoms with E-state index in [4.69, 9.17) is 10.6 Å². The highest BCUT2D eigenvalue weighted by Gasteiger charge is 1.99. The Kier molecular flexibility index (Phi) is 4.45. The van der Waals surface area contributed by atoms with Crippen molar-refractivity contribution in [3.05, 3.63) is 39.8 Å². The normalized spacial score (nSPS) is 8.50. The summed E-state index contributed by atoms with van der Waals surface area (Å²) in [5, 5.41) is 12.5. The van der Waals surface area contributed by atoms with E-state index in [1.54, 1.807) is 6.07 Å². The Morgan fingerprint density at radius 1 is 1.56 bits per heavy atom. The lowest BCUT2D eigenvalue weighted by Gasteiger charge is -1.96. The number of phenols is 1. The molecule has 0 bridgehead atoms. The van der Waals surface area contributed by atoms with E-state index < -0.39 is 0 Å². The lowest BCUT2D eigenvalue weighted by molar-refractivity contribution is 0.112. The second-order valence-corrected chi connectivity index (χ2v) is 2.90. The molecule has 1 aromatic rings. The van der Waals surface area contributed by atoms with Gasteiger partial charge in [0.2, 0.25) is 0 Å². The number of carbonyl (C=O) groups excluding carboxylic acids is 1. The van der Waals surface area contributed by atoms with Gasteiger partial charge in [-0.2, -0.15) is 0 Å². The van der Waals surface area contributed by atoms with Crippen LogP contribution in [0.1, 0.15) is 22.3 Å². The molecular weight excluding hydrogens is 206 g/mol. The molecule has 0 saturated heterocycles. The van der Waals surface area contributed by atoms with Crippen molar-refractivity contribution >= 4 is 6.29 Å². The molecule has 0 aliphatic carbocycles. The van der Waals surface area contributed by atoms with E-state index in [0.717, 1.165) is 0 Å². The molecule has 0 amide bonds. The van der Waals surface area contributed by atoms with Gasteiger partial charge in [0.05, 0.1) is 0 Å². The summed E-state index contributed by atoms with van der Waals surface area (Å²) < 4.78 is 0. The van der Waals surface area contributed by atoms with Crippen molar-refractivity contribution in [3.63, 3.8) is 0 Å². The van der Waals surface area contributed by atoms with Crippen LogP contribution in [0, 0.1) is 11.8 Å². The van der Waals surface area contributed by atoms with Crippen molar-refractivity contribution in [1.29, 1.82) is 0 Å². The van der Waals surface area contributed by atoms with Crippen molar-refractivity contribution in [3.8, 4) is 17.6 Å². The van der Waals surface area contributed by atoms with E-state index in [9.17, 15) is 4.79 Å². The van der Waals surface area contributed by atoms with Gasteiger partial charge in [0.1, 0.15) is 5.75 Å². The number of aromatic hydroxyl groups is 1. The van der Waals surface area contributed by atoms with Gasteiger partial charge in [-0.25, -0.2) is 0 Å². The standard InChI is InChI=1S/C11H9N3O2/c12-14-13-6-2-1-3-9-4-5-11(16)7-10(9)8-15/h4-5,7-8,16H,2,6H2. The molecule has 0 heterocycles.